The maximum atomic E-state index is 11.5. The second-order valence-corrected chi connectivity index (χ2v) is 3.89. The predicted molar refractivity (Wildman–Crippen MR) is 68.6 cm³/mol. The quantitative estimate of drug-likeness (QED) is 0.603. The molecule has 0 aliphatic rings. The summed E-state index contributed by atoms with van der Waals surface area (Å²) in [5.74, 6) is 1.14. The Bertz CT molecular complexity index is 341. The van der Waals surface area contributed by atoms with Crippen LogP contribution in [0.2, 0.25) is 0 Å². The molecule has 0 atom stereocenters. The number of carbonyl (C=O) groups excluding carboxylic acids is 1. The van der Waals surface area contributed by atoms with E-state index in [-0.39, 0.29) is 5.91 Å². The molecular formula is C12H17ClN2O2. The zero-order valence-electron chi connectivity index (χ0n) is 9.91. The Morgan fingerprint density at radius 3 is 2.88 bits per heavy atom. The lowest BCUT2D eigenvalue weighted by atomic mass is 10.2. The summed E-state index contributed by atoms with van der Waals surface area (Å²) in [5.41, 5.74) is 0.685. The van der Waals surface area contributed by atoms with Crippen molar-refractivity contribution in [1.82, 2.24) is 4.98 Å². The van der Waals surface area contributed by atoms with Crippen molar-refractivity contribution in [3.05, 3.63) is 18.3 Å². The van der Waals surface area contributed by atoms with Crippen molar-refractivity contribution in [2.24, 2.45) is 0 Å². The van der Waals surface area contributed by atoms with Crippen LogP contribution < -0.4 is 10.1 Å². The standard InChI is InChI=1S/C12H17ClN2O2/c1-2-17-12-7-6-10(9-14-12)15-11(16)5-3-4-8-13/h6-7,9H,2-5,8H2,1H3,(H,15,16). The maximum absolute atomic E-state index is 11.5. The third kappa shape index (κ3) is 5.54. The molecule has 0 saturated heterocycles. The van der Waals surface area contributed by atoms with Crippen molar-refractivity contribution in [3.8, 4) is 5.88 Å². The van der Waals surface area contributed by atoms with Gasteiger partial charge in [-0.15, -0.1) is 11.6 Å². The van der Waals surface area contributed by atoms with E-state index in [0.717, 1.165) is 12.8 Å². The Balaban J connectivity index is 2.37. The fourth-order valence-electron chi connectivity index (χ4n) is 1.29. The predicted octanol–water partition coefficient (Wildman–Crippen LogP) is 2.83. The van der Waals surface area contributed by atoms with Gasteiger partial charge in [-0.25, -0.2) is 4.98 Å². The van der Waals surface area contributed by atoms with Gasteiger partial charge in [0.2, 0.25) is 11.8 Å². The van der Waals surface area contributed by atoms with Gasteiger partial charge in [-0.3, -0.25) is 4.79 Å². The lowest BCUT2D eigenvalue weighted by Gasteiger charge is -2.05. The van der Waals surface area contributed by atoms with Crippen molar-refractivity contribution >= 4 is 23.2 Å². The molecule has 94 valence electrons. The van der Waals surface area contributed by atoms with Gasteiger partial charge in [-0.1, -0.05) is 0 Å². The fraction of sp³-hybridized carbons (Fsp3) is 0.500. The first-order valence-electron chi connectivity index (χ1n) is 5.71. The van der Waals surface area contributed by atoms with Crippen molar-refractivity contribution in [1.29, 1.82) is 0 Å². The Morgan fingerprint density at radius 2 is 2.29 bits per heavy atom. The van der Waals surface area contributed by atoms with E-state index in [9.17, 15) is 4.79 Å². The van der Waals surface area contributed by atoms with E-state index in [0.29, 0.717) is 30.5 Å². The van der Waals surface area contributed by atoms with Gasteiger partial charge in [0.05, 0.1) is 18.5 Å². The second-order valence-electron chi connectivity index (χ2n) is 3.51. The number of alkyl halides is 1. The normalized spacial score (nSPS) is 10.0. The smallest absolute Gasteiger partial charge is 0.224 e. The number of ether oxygens (including phenoxy) is 1. The molecule has 0 radical (unpaired) electrons. The zero-order chi connectivity index (χ0) is 12.5. The number of nitrogens with one attached hydrogen (secondary N) is 1. The summed E-state index contributed by atoms with van der Waals surface area (Å²) in [5, 5.41) is 2.77. The van der Waals surface area contributed by atoms with Gasteiger partial charge in [-0.05, 0) is 25.8 Å². The lowest BCUT2D eigenvalue weighted by Crippen LogP contribution is -2.11. The van der Waals surface area contributed by atoms with E-state index in [1.807, 2.05) is 6.92 Å². The van der Waals surface area contributed by atoms with Crippen LogP contribution in [0.5, 0.6) is 5.88 Å². The summed E-state index contributed by atoms with van der Waals surface area (Å²) in [6, 6.07) is 3.51. The van der Waals surface area contributed by atoms with Gasteiger partial charge in [0.1, 0.15) is 0 Å². The molecule has 0 aliphatic heterocycles. The number of unbranched alkanes of at least 4 members (excludes halogenated alkanes) is 1. The minimum atomic E-state index is -0.0129. The summed E-state index contributed by atoms with van der Waals surface area (Å²) in [7, 11) is 0. The molecule has 0 aromatic carbocycles. The third-order valence-corrected chi connectivity index (χ3v) is 2.37. The molecule has 1 aromatic rings. The highest BCUT2D eigenvalue weighted by atomic mass is 35.5. The number of carbonyl (C=O) groups is 1. The number of nitrogens with zero attached hydrogens (tertiary/aromatic N) is 1. The maximum Gasteiger partial charge on any atom is 0.224 e. The molecule has 0 fully saturated rings. The number of halogens is 1. The Kier molecular flexibility index (Phi) is 6.40. The average molecular weight is 257 g/mol. The summed E-state index contributed by atoms with van der Waals surface area (Å²) < 4.78 is 5.21. The van der Waals surface area contributed by atoms with Gasteiger partial charge in [0, 0.05) is 18.4 Å². The SMILES string of the molecule is CCOc1ccc(NC(=O)CCCCCl)cn1. The molecule has 1 aromatic heterocycles. The van der Waals surface area contributed by atoms with Gasteiger partial charge < -0.3 is 10.1 Å². The van der Waals surface area contributed by atoms with E-state index in [4.69, 9.17) is 16.3 Å². The Morgan fingerprint density at radius 1 is 1.47 bits per heavy atom. The lowest BCUT2D eigenvalue weighted by molar-refractivity contribution is -0.116. The Labute approximate surface area is 106 Å². The van der Waals surface area contributed by atoms with Crippen LogP contribution in [0.1, 0.15) is 26.2 Å². The highest BCUT2D eigenvalue weighted by Gasteiger charge is 2.02. The van der Waals surface area contributed by atoms with Crippen LogP contribution in [0, 0.1) is 0 Å². The van der Waals surface area contributed by atoms with Gasteiger partial charge in [0.15, 0.2) is 0 Å². The molecule has 0 unspecified atom stereocenters. The van der Waals surface area contributed by atoms with Gasteiger partial charge >= 0.3 is 0 Å². The van der Waals surface area contributed by atoms with Crippen LogP contribution in [0.15, 0.2) is 18.3 Å². The highest BCUT2D eigenvalue weighted by Crippen LogP contribution is 2.12. The van der Waals surface area contributed by atoms with Crippen molar-refractivity contribution < 1.29 is 9.53 Å². The van der Waals surface area contributed by atoms with Crippen molar-refractivity contribution in [2.45, 2.75) is 26.2 Å². The number of amides is 1. The average Bonchev–Trinajstić information content (AvgIpc) is 2.32. The number of hydrogen-bond donors (Lipinski definition) is 1. The second kappa shape index (κ2) is 7.90. The molecule has 4 nitrogen and oxygen atoms in total. The molecule has 0 spiro atoms. The van der Waals surface area contributed by atoms with Gasteiger partial charge in [0.25, 0.3) is 0 Å². The van der Waals surface area contributed by atoms with Crippen LogP contribution in [0.4, 0.5) is 5.69 Å². The van der Waals surface area contributed by atoms with Crippen LogP contribution in [-0.4, -0.2) is 23.4 Å². The molecule has 0 bridgehead atoms. The molecule has 5 heteroatoms. The monoisotopic (exact) mass is 256 g/mol. The number of aromatic nitrogens is 1. The number of rotatable bonds is 7. The molecule has 0 saturated carbocycles. The molecule has 17 heavy (non-hydrogen) atoms. The summed E-state index contributed by atoms with van der Waals surface area (Å²) in [4.78, 5) is 15.5. The molecule has 0 aliphatic carbocycles. The first-order chi connectivity index (χ1) is 8.26. The van der Waals surface area contributed by atoms with E-state index >= 15 is 0 Å². The van der Waals surface area contributed by atoms with E-state index in [2.05, 4.69) is 10.3 Å². The first kappa shape index (κ1) is 13.8. The summed E-state index contributed by atoms with van der Waals surface area (Å²) in [6.45, 7) is 2.48. The molecule has 1 amide bonds. The van der Waals surface area contributed by atoms with Crippen molar-refractivity contribution in [3.63, 3.8) is 0 Å². The van der Waals surface area contributed by atoms with Crippen LogP contribution >= 0.6 is 11.6 Å². The highest BCUT2D eigenvalue weighted by molar-refractivity contribution is 6.17. The van der Waals surface area contributed by atoms with E-state index in [1.165, 1.54) is 0 Å². The molecular weight excluding hydrogens is 240 g/mol. The minimum absolute atomic E-state index is 0.0129. The van der Waals surface area contributed by atoms with Crippen molar-refractivity contribution in [2.75, 3.05) is 17.8 Å². The number of hydrogen-bond acceptors (Lipinski definition) is 3. The van der Waals surface area contributed by atoms with Crippen LogP contribution in [0.25, 0.3) is 0 Å². The Hall–Kier alpha value is -1.29. The minimum Gasteiger partial charge on any atom is -0.478 e. The summed E-state index contributed by atoms with van der Waals surface area (Å²) in [6.07, 6.45) is 3.74. The van der Waals surface area contributed by atoms with Gasteiger partial charge in [-0.2, -0.15) is 0 Å². The summed E-state index contributed by atoms with van der Waals surface area (Å²) >= 11 is 5.54. The third-order valence-electron chi connectivity index (χ3n) is 2.10. The largest absolute Gasteiger partial charge is 0.478 e. The first-order valence-corrected chi connectivity index (χ1v) is 6.24. The zero-order valence-corrected chi connectivity index (χ0v) is 10.7. The topological polar surface area (TPSA) is 51.2 Å². The van der Waals surface area contributed by atoms with E-state index < -0.39 is 0 Å². The fourth-order valence-corrected chi connectivity index (χ4v) is 1.48. The van der Waals surface area contributed by atoms with E-state index in [1.54, 1.807) is 18.3 Å². The van der Waals surface area contributed by atoms with Crippen LogP contribution in [0.3, 0.4) is 0 Å². The molecule has 1 heterocycles. The molecule has 1 rings (SSSR count). The van der Waals surface area contributed by atoms with Crippen LogP contribution in [-0.2, 0) is 4.79 Å². The molecule has 1 N–H and O–H groups in total. The number of anilines is 1. The number of pyridine rings is 1.